The summed E-state index contributed by atoms with van der Waals surface area (Å²) in [6.45, 7) is 0. The van der Waals surface area contributed by atoms with Gasteiger partial charge in [-0.1, -0.05) is 66.7 Å². The Balaban J connectivity index is 1.63. The van der Waals surface area contributed by atoms with E-state index in [0.717, 1.165) is 21.7 Å². The molecular formula is C29H20N2O4. The normalized spacial score (nSPS) is 17.5. The van der Waals surface area contributed by atoms with Crippen molar-refractivity contribution in [1.29, 1.82) is 0 Å². The predicted octanol–water partition coefficient (Wildman–Crippen LogP) is 5.65. The first kappa shape index (κ1) is 20.7. The fourth-order valence-corrected chi connectivity index (χ4v) is 4.86. The van der Waals surface area contributed by atoms with Crippen LogP contribution >= 0.6 is 0 Å². The van der Waals surface area contributed by atoms with Crippen molar-refractivity contribution in [2.24, 2.45) is 0 Å². The number of H-pyrrole nitrogens is 1. The molecule has 1 amide bonds. The highest BCUT2D eigenvalue weighted by Gasteiger charge is 2.48. The van der Waals surface area contributed by atoms with Crippen LogP contribution in [-0.4, -0.2) is 26.9 Å². The Hall–Kier alpha value is -4.84. The number of amides is 1. The summed E-state index contributed by atoms with van der Waals surface area (Å²) in [5.74, 6) is -2.02. The van der Waals surface area contributed by atoms with E-state index in [0.29, 0.717) is 11.1 Å². The van der Waals surface area contributed by atoms with Gasteiger partial charge < -0.3 is 15.2 Å². The van der Waals surface area contributed by atoms with Crippen molar-refractivity contribution in [3.8, 4) is 5.75 Å². The minimum Gasteiger partial charge on any atom is -0.507 e. The molecule has 35 heavy (non-hydrogen) atoms. The Morgan fingerprint density at radius 2 is 1.54 bits per heavy atom. The molecule has 170 valence electrons. The molecule has 0 spiro atoms. The van der Waals surface area contributed by atoms with Gasteiger partial charge in [-0.15, -0.1) is 0 Å². The van der Waals surface area contributed by atoms with E-state index in [1.807, 2.05) is 54.6 Å². The monoisotopic (exact) mass is 460 g/mol. The second-order valence-corrected chi connectivity index (χ2v) is 8.51. The molecule has 1 aliphatic rings. The van der Waals surface area contributed by atoms with Crippen LogP contribution in [0.1, 0.15) is 17.2 Å². The van der Waals surface area contributed by atoms with Crippen molar-refractivity contribution < 1.29 is 19.8 Å². The Labute approximate surface area is 200 Å². The zero-order valence-electron chi connectivity index (χ0n) is 18.5. The first-order valence-corrected chi connectivity index (χ1v) is 11.2. The van der Waals surface area contributed by atoms with Crippen LogP contribution in [0.15, 0.2) is 103 Å². The number of phenolic OH excluding ortho intramolecular Hbond substituents is 1. The number of aromatic hydroxyl groups is 1. The summed E-state index contributed by atoms with van der Waals surface area (Å²) in [6, 6.07) is 26.1. The van der Waals surface area contributed by atoms with E-state index in [1.165, 1.54) is 11.0 Å². The SMILES string of the molecule is O=C1C(=O)N(c2ccccc2O)C(c2c[nH]c3ccccc23)/C1=C(\O)c1ccc2ccccc2c1. The van der Waals surface area contributed by atoms with Gasteiger partial charge in [-0.3, -0.25) is 14.5 Å². The van der Waals surface area contributed by atoms with Gasteiger partial charge in [0.2, 0.25) is 0 Å². The molecule has 1 fully saturated rings. The summed E-state index contributed by atoms with van der Waals surface area (Å²) in [7, 11) is 0. The number of para-hydroxylation sites is 3. The minimum absolute atomic E-state index is 0.0294. The number of benzene rings is 4. The van der Waals surface area contributed by atoms with Crippen molar-refractivity contribution in [3.05, 3.63) is 114 Å². The molecule has 5 aromatic rings. The van der Waals surface area contributed by atoms with Crippen LogP contribution in [0.3, 0.4) is 0 Å². The second-order valence-electron chi connectivity index (χ2n) is 8.51. The second kappa shape index (κ2) is 7.88. The number of hydrogen-bond donors (Lipinski definition) is 3. The molecule has 6 nitrogen and oxygen atoms in total. The highest BCUT2D eigenvalue weighted by atomic mass is 16.3. The van der Waals surface area contributed by atoms with Gasteiger partial charge in [0.1, 0.15) is 11.5 Å². The van der Waals surface area contributed by atoms with E-state index in [2.05, 4.69) is 4.98 Å². The molecule has 0 saturated carbocycles. The fourth-order valence-electron chi connectivity index (χ4n) is 4.86. The number of aromatic amines is 1. The lowest BCUT2D eigenvalue weighted by Crippen LogP contribution is -2.29. The Bertz CT molecular complexity index is 1680. The van der Waals surface area contributed by atoms with E-state index in [1.54, 1.807) is 36.5 Å². The highest BCUT2D eigenvalue weighted by molar-refractivity contribution is 6.52. The number of hydrogen-bond acceptors (Lipinski definition) is 4. The van der Waals surface area contributed by atoms with E-state index < -0.39 is 17.7 Å². The number of nitrogens with zero attached hydrogens (tertiary/aromatic N) is 1. The molecular weight excluding hydrogens is 440 g/mol. The van der Waals surface area contributed by atoms with Gasteiger partial charge in [0, 0.05) is 28.2 Å². The molecule has 3 N–H and O–H groups in total. The summed E-state index contributed by atoms with van der Waals surface area (Å²) in [5.41, 5.74) is 2.08. The number of carbonyl (C=O) groups excluding carboxylic acids is 2. The molecule has 0 radical (unpaired) electrons. The lowest BCUT2D eigenvalue weighted by atomic mass is 9.94. The molecule has 0 aliphatic carbocycles. The van der Waals surface area contributed by atoms with Gasteiger partial charge in [0.15, 0.2) is 0 Å². The Morgan fingerprint density at radius 3 is 2.37 bits per heavy atom. The topological polar surface area (TPSA) is 93.6 Å². The number of Topliss-reactive ketones (excluding diaryl/α,β-unsaturated/α-hetero) is 1. The lowest BCUT2D eigenvalue weighted by molar-refractivity contribution is -0.132. The van der Waals surface area contributed by atoms with Gasteiger partial charge in [-0.05, 0) is 35.0 Å². The predicted molar refractivity (Wildman–Crippen MR) is 135 cm³/mol. The van der Waals surface area contributed by atoms with E-state index in [-0.39, 0.29) is 22.8 Å². The summed E-state index contributed by atoms with van der Waals surface area (Å²) >= 11 is 0. The fraction of sp³-hybridized carbons (Fsp3) is 0.0345. The number of nitrogens with one attached hydrogen (secondary N) is 1. The van der Waals surface area contributed by atoms with Crippen molar-refractivity contribution >= 4 is 44.8 Å². The number of fused-ring (bicyclic) bond motifs is 2. The molecule has 2 heterocycles. The first-order valence-electron chi connectivity index (χ1n) is 11.2. The number of ketones is 1. The average Bonchev–Trinajstić information content (AvgIpc) is 3.42. The van der Waals surface area contributed by atoms with E-state index in [9.17, 15) is 19.8 Å². The number of carbonyl (C=O) groups is 2. The van der Waals surface area contributed by atoms with Crippen LogP contribution in [0.4, 0.5) is 5.69 Å². The summed E-state index contributed by atoms with van der Waals surface area (Å²) in [4.78, 5) is 31.2. The number of aliphatic hydroxyl groups excluding tert-OH is 1. The number of anilines is 1. The number of rotatable bonds is 3. The third-order valence-corrected chi connectivity index (χ3v) is 6.52. The quantitative estimate of drug-likeness (QED) is 0.184. The Kier molecular flexibility index (Phi) is 4.67. The largest absolute Gasteiger partial charge is 0.507 e. The molecule has 1 aromatic heterocycles. The molecule has 1 aliphatic heterocycles. The van der Waals surface area contributed by atoms with Crippen molar-refractivity contribution in [2.45, 2.75) is 6.04 Å². The zero-order chi connectivity index (χ0) is 24.1. The third kappa shape index (κ3) is 3.19. The molecule has 4 aromatic carbocycles. The van der Waals surface area contributed by atoms with Crippen LogP contribution < -0.4 is 4.90 Å². The van der Waals surface area contributed by atoms with Crippen LogP contribution in [0.5, 0.6) is 5.75 Å². The first-order chi connectivity index (χ1) is 17.0. The maximum absolute atomic E-state index is 13.4. The van der Waals surface area contributed by atoms with Gasteiger partial charge in [0.25, 0.3) is 11.7 Å². The van der Waals surface area contributed by atoms with Crippen molar-refractivity contribution in [1.82, 2.24) is 4.98 Å². The molecule has 6 heteroatoms. The van der Waals surface area contributed by atoms with Crippen LogP contribution in [0, 0.1) is 0 Å². The van der Waals surface area contributed by atoms with Crippen LogP contribution in [0.2, 0.25) is 0 Å². The number of aliphatic hydroxyl groups is 1. The molecule has 6 rings (SSSR count). The molecule has 1 atom stereocenters. The van der Waals surface area contributed by atoms with Gasteiger partial charge in [-0.25, -0.2) is 0 Å². The van der Waals surface area contributed by atoms with Crippen molar-refractivity contribution in [2.75, 3.05) is 4.90 Å². The Morgan fingerprint density at radius 1 is 0.829 bits per heavy atom. The summed E-state index contributed by atoms with van der Waals surface area (Å²) in [6.07, 6.45) is 1.74. The smallest absolute Gasteiger partial charge is 0.300 e. The van der Waals surface area contributed by atoms with Gasteiger partial charge >= 0.3 is 0 Å². The third-order valence-electron chi connectivity index (χ3n) is 6.52. The van der Waals surface area contributed by atoms with Crippen LogP contribution in [-0.2, 0) is 9.59 Å². The minimum atomic E-state index is -0.939. The van der Waals surface area contributed by atoms with Crippen molar-refractivity contribution in [3.63, 3.8) is 0 Å². The number of phenols is 1. The number of aromatic nitrogens is 1. The van der Waals surface area contributed by atoms with Crippen LogP contribution in [0.25, 0.3) is 27.4 Å². The standard InChI is InChI=1S/C29H20N2O4/c32-24-12-6-5-11-23(24)31-26(21-16-30-22-10-4-3-9-20(21)22)25(28(34)29(31)35)27(33)19-14-13-17-7-1-2-8-18(17)15-19/h1-16,26,30,32-33H/b27-25+. The highest BCUT2D eigenvalue weighted by Crippen LogP contribution is 2.46. The lowest BCUT2D eigenvalue weighted by Gasteiger charge is -2.25. The van der Waals surface area contributed by atoms with Gasteiger partial charge in [-0.2, -0.15) is 0 Å². The van der Waals surface area contributed by atoms with E-state index in [4.69, 9.17) is 0 Å². The maximum atomic E-state index is 13.4. The molecule has 0 bridgehead atoms. The van der Waals surface area contributed by atoms with E-state index >= 15 is 0 Å². The molecule has 1 saturated heterocycles. The average molecular weight is 460 g/mol. The molecule has 1 unspecified atom stereocenters. The zero-order valence-corrected chi connectivity index (χ0v) is 18.5. The maximum Gasteiger partial charge on any atom is 0.300 e. The summed E-state index contributed by atoms with van der Waals surface area (Å²) < 4.78 is 0. The summed E-state index contributed by atoms with van der Waals surface area (Å²) in [5, 5.41) is 24.7. The van der Waals surface area contributed by atoms with Gasteiger partial charge in [0.05, 0.1) is 17.3 Å².